The number of imidazole rings is 1. The fourth-order valence-corrected chi connectivity index (χ4v) is 12.4. The largest absolute Gasteiger partial charge is 0.508 e. The fourth-order valence-electron chi connectivity index (χ4n) is 10.1. The number of fused-ring (bicyclic) bond motifs is 1. The molecule has 28 nitrogen and oxygen atoms in total. The topological polar surface area (TPSA) is 453 Å². The average molecular weight is 1330 g/mol. The van der Waals surface area contributed by atoms with Crippen molar-refractivity contribution >= 4 is 97.5 Å². The van der Waals surface area contributed by atoms with Crippen LogP contribution in [0.15, 0.2) is 128 Å². The number of carbonyl (C=O) groups excluding carboxylic acids is 10. The summed E-state index contributed by atoms with van der Waals surface area (Å²) < 4.78 is 0. The lowest BCUT2D eigenvalue weighted by molar-refractivity contribution is -0.142. The number of H-pyrrole nitrogens is 2. The maximum atomic E-state index is 15.2. The second kappa shape index (κ2) is 35.3. The molecule has 7 rings (SSSR count). The highest BCUT2D eigenvalue weighted by Crippen LogP contribution is 2.25. The Labute approximate surface area is 548 Å². The van der Waals surface area contributed by atoms with E-state index in [1.54, 1.807) is 105 Å². The second-order valence-corrected chi connectivity index (χ2v) is 25.2. The minimum Gasteiger partial charge on any atom is -0.508 e. The number of aromatic amines is 2. The second-order valence-electron chi connectivity index (χ2n) is 22.7. The number of aliphatic carboxylic acids is 1. The van der Waals surface area contributed by atoms with Crippen LogP contribution in [-0.2, 0) is 84.8 Å². The number of nitrogens with two attached hydrogens (primary N) is 2. The van der Waals surface area contributed by atoms with Crippen molar-refractivity contribution in [2.24, 2.45) is 17.4 Å². The number of aromatic nitrogens is 3. The van der Waals surface area contributed by atoms with Gasteiger partial charge in [-0.25, -0.2) is 9.78 Å². The molecule has 3 heterocycles. The van der Waals surface area contributed by atoms with Crippen LogP contribution in [0.4, 0.5) is 0 Å². The molecule has 1 saturated heterocycles. The first-order valence-electron chi connectivity index (χ1n) is 30.3. The van der Waals surface area contributed by atoms with Gasteiger partial charge < -0.3 is 84.6 Å². The minimum atomic E-state index is -1.78. The highest BCUT2D eigenvalue weighted by molar-refractivity contribution is 8.76. The number of rotatable bonds is 21. The summed E-state index contributed by atoms with van der Waals surface area (Å²) >= 11 is 0. The van der Waals surface area contributed by atoms with Gasteiger partial charge in [-0.05, 0) is 59.2 Å². The van der Waals surface area contributed by atoms with Crippen LogP contribution < -0.4 is 59.3 Å². The Morgan fingerprint density at radius 2 is 1.20 bits per heavy atom. The average Bonchev–Trinajstić information content (AvgIpc) is 1.62. The minimum absolute atomic E-state index is 0.0326. The van der Waals surface area contributed by atoms with Gasteiger partial charge in [0, 0.05) is 72.6 Å². The lowest BCUT2D eigenvalue weighted by Crippen LogP contribution is -2.62. The van der Waals surface area contributed by atoms with Gasteiger partial charge in [0.1, 0.15) is 60.1 Å². The number of aromatic hydroxyl groups is 1. The van der Waals surface area contributed by atoms with Crippen LogP contribution in [-0.4, -0.2) is 174 Å². The molecule has 1 fully saturated rings. The quantitative estimate of drug-likeness (QED) is 0.0407. The Kier molecular flexibility index (Phi) is 26.9. The number of carboxylic acids is 1. The Balaban J connectivity index is 1.31. The normalized spacial score (nSPS) is 21.9. The number of benzene rings is 4. The number of amides is 10. The standard InChI is InChI=1S/C64H78N14O14S2/c1-3-35(2)54-63(90)70-45(22-23-53(66)81)56(83)71-46(25-37-14-8-5-9-15-37)57(84)73-48(28-40-30-67-34-69-40)59(86)72-47(27-39-29-68-44-17-11-10-16-42(39)44)58(85)77-52(61(88)74-49(64(91)92)26-38-18-20-41(80)21-19-38)33-94-93-32-51(62(89)75-50(31-79)60(87)78-54)76-55(82)43(65)24-36-12-6-4-7-13-36/h4-21,29-30,34-35,43,45-52,54,68,79-80H,3,22-28,31-33,65H2,1-2H3,(H2,66,81)(H,67,69)(H,70,90)(H,71,83)(H,72,86)(H,73,84)(H,74,88)(H,75,89)(H,76,82)(H,77,85)(H,78,87)(H,91,92)/t35-,43-,45-,46-,47-,48-,49-,50-,51+,52-,54+/m0/s1. The molecule has 2 aromatic heterocycles. The van der Waals surface area contributed by atoms with Gasteiger partial charge in [-0.3, -0.25) is 47.9 Å². The summed E-state index contributed by atoms with van der Waals surface area (Å²) in [7, 11) is 1.79. The maximum absolute atomic E-state index is 15.2. The lowest BCUT2D eigenvalue weighted by Gasteiger charge is -2.29. The molecule has 500 valence electrons. The zero-order chi connectivity index (χ0) is 67.8. The molecule has 10 amide bonds. The van der Waals surface area contributed by atoms with Crippen LogP contribution in [0, 0.1) is 5.92 Å². The zero-order valence-corrected chi connectivity index (χ0v) is 53.1. The van der Waals surface area contributed by atoms with Crippen molar-refractivity contribution in [2.45, 2.75) is 126 Å². The van der Waals surface area contributed by atoms with Crippen LogP contribution in [0.1, 0.15) is 61.1 Å². The van der Waals surface area contributed by atoms with E-state index >= 15 is 9.59 Å². The summed E-state index contributed by atoms with van der Waals surface area (Å²) in [6.45, 7) is 2.28. The predicted molar refractivity (Wildman–Crippen MR) is 349 cm³/mol. The first-order chi connectivity index (χ1) is 45.1. The Bertz CT molecular complexity index is 3590. The van der Waals surface area contributed by atoms with Gasteiger partial charge in [0.15, 0.2) is 0 Å². The number of hydrogen-bond donors (Lipinski definition) is 16. The number of nitrogens with zero attached hydrogens (tertiary/aromatic N) is 1. The molecular weight excluding hydrogens is 1250 g/mol. The number of nitrogens with one attached hydrogen (secondary N) is 11. The molecule has 94 heavy (non-hydrogen) atoms. The fraction of sp³-hybridized carbons (Fsp3) is 0.375. The number of para-hydroxylation sites is 1. The summed E-state index contributed by atoms with van der Waals surface area (Å²) in [5, 5.41) is 55.3. The van der Waals surface area contributed by atoms with Crippen LogP contribution >= 0.6 is 21.6 Å². The van der Waals surface area contributed by atoms with Crippen molar-refractivity contribution < 1.29 is 68.1 Å². The summed E-state index contributed by atoms with van der Waals surface area (Å²) in [4.78, 5) is 167. The maximum Gasteiger partial charge on any atom is 0.326 e. The zero-order valence-electron chi connectivity index (χ0n) is 51.5. The first kappa shape index (κ1) is 71.7. The molecule has 0 saturated carbocycles. The highest BCUT2D eigenvalue weighted by Gasteiger charge is 2.38. The number of phenolic OH excluding ortho intramolecular Hbond substituents is 1. The van der Waals surface area contributed by atoms with Crippen molar-refractivity contribution in [1.82, 2.24) is 62.8 Å². The van der Waals surface area contributed by atoms with E-state index in [2.05, 4.69) is 62.8 Å². The van der Waals surface area contributed by atoms with E-state index < -0.39 is 151 Å². The molecule has 1 aliphatic rings. The van der Waals surface area contributed by atoms with Crippen LogP contribution in [0.2, 0.25) is 0 Å². The molecule has 6 aromatic rings. The van der Waals surface area contributed by atoms with Gasteiger partial charge in [0.2, 0.25) is 59.1 Å². The van der Waals surface area contributed by atoms with E-state index in [9.17, 15) is 58.5 Å². The molecule has 30 heteroatoms. The molecule has 0 bridgehead atoms. The molecular formula is C64H78N14O14S2. The van der Waals surface area contributed by atoms with Gasteiger partial charge in [-0.15, -0.1) is 0 Å². The van der Waals surface area contributed by atoms with E-state index in [1.165, 1.54) is 36.8 Å². The summed E-state index contributed by atoms with van der Waals surface area (Å²) in [6, 6.07) is 14.3. The van der Waals surface area contributed by atoms with E-state index in [0.29, 0.717) is 38.9 Å². The molecule has 0 aliphatic carbocycles. The van der Waals surface area contributed by atoms with E-state index in [1.807, 2.05) is 0 Å². The van der Waals surface area contributed by atoms with E-state index in [0.717, 1.165) is 21.6 Å². The first-order valence-corrected chi connectivity index (χ1v) is 32.8. The SMILES string of the molecule is CC[C@H](C)[C@H]1NC(=O)[C@H](CO)NC(=O)[C@H](NC(=O)[C@@H](N)Cc2ccccc2)CSSC[C@@H](C(=O)N[C@@H](Cc2ccc(O)cc2)C(=O)O)NC(=O)[C@H](Cc2c[nH]c3ccccc23)NC(=O)[C@H](Cc2cnc[nH]2)NC(=O)[C@H](Cc2ccccc2)NC(=O)[C@H](CCC(N)=O)NC1=O. The van der Waals surface area contributed by atoms with Gasteiger partial charge in [0.25, 0.3) is 0 Å². The van der Waals surface area contributed by atoms with Crippen molar-refractivity contribution in [3.8, 4) is 5.75 Å². The summed E-state index contributed by atoms with van der Waals surface area (Å²) in [6.07, 6.45) is 2.76. The van der Waals surface area contributed by atoms with Gasteiger partial charge in [0.05, 0.1) is 19.0 Å². The van der Waals surface area contributed by atoms with E-state index in [-0.39, 0.29) is 55.8 Å². The van der Waals surface area contributed by atoms with Crippen LogP contribution in [0.5, 0.6) is 5.75 Å². The smallest absolute Gasteiger partial charge is 0.326 e. The number of aliphatic hydroxyl groups is 1. The number of hydrogen-bond acceptors (Lipinski definition) is 17. The van der Waals surface area contributed by atoms with Crippen molar-refractivity contribution in [1.29, 1.82) is 0 Å². The predicted octanol–water partition coefficient (Wildman–Crippen LogP) is -0.416. The molecule has 1 aliphatic heterocycles. The molecule has 4 aromatic carbocycles. The van der Waals surface area contributed by atoms with Crippen molar-refractivity contribution in [2.75, 3.05) is 18.1 Å². The number of primary amides is 1. The third-order valence-electron chi connectivity index (χ3n) is 15.6. The molecule has 18 N–H and O–H groups in total. The van der Waals surface area contributed by atoms with Gasteiger partial charge in [-0.1, -0.05) is 133 Å². The Morgan fingerprint density at radius 3 is 1.83 bits per heavy atom. The van der Waals surface area contributed by atoms with Crippen LogP contribution in [0.25, 0.3) is 10.9 Å². The van der Waals surface area contributed by atoms with E-state index in [4.69, 9.17) is 11.5 Å². The monoisotopic (exact) mass is 1330 g/mol. The molecule has 0 unspecified atom stereocenters. The molecule has 11 atom stereocenters. The molecule has 0 radical (unpaired) electrons. The Morgan fingerprint density at radius 1 is 0.638 bits per heavy atom. The number of carbonyl (C=O) groups is 11. The third-order valence-corrected chi connectivity index (χ3v) is 18.0. The summed E-state index contributed by atoms with van der Waals surface area (Å²) in [5.74, 6) is -12.5. The van der Waals surface area contributed by atoms with Crippen molar-refractivity contribution in [3.05, 3.63) is 156 Å². The Hall–Kier alpha value is -9.78. The molecule has 0 spiro atoms. The number of phenols is 1. The third kappa shape index (κ3) is 21.4. The lowest BCUT2D eigenvalue weighted by atomic mass is 9.97. The van der Waals surface area contributed by atoms with Crippen LogP contribution in [0.3, 0.4) is 0 Å². The van der Waals surface area contributed by atoms with Gasteiger partial charge in [-0.2, -0.15) is 0 Å². The summed E-state index contributed by atoms with van der Waals surface area (Å²) in [5.41, 5.74) is 15.1. The van der Waals surface area contributed by atoms with Crippen molar-refractivity contribution in [3.63, 3.8) is 0 Å². The highest BCUT2D eigenvalue weighted by atomic mass is 33.1. The van der Waals surface area contributed by atoms with Gasteiger partial charge >= 0.3 is 5.97 Å². The number of carboxylic acid groups (broad SMARTS) is 1. The number of aliphatic hydroxyl groups excluding tert-OH is 1.